The molecule has 0 radical (unpaired) electrons. The van der Waals surface area contributed by atoms with E-state index in [4.69, 9.17) is 4.74 Å². The molecule has 1 saturated heterocycles. The summed E-state index contributed by atoms with van der Waals surface area (Å²) >= 11 is 0. The van der Waals surface area contributed by atoms with Gasteiger partial charge in [-0.1, -0.05) is 48.5 Å². The molecule has 5 nitrogen and oxygen atoms in total. The van der Waals surface area contributed by atoms with E-state index in [1.54, 1.807) is 24.3 Å². The van der Waals surface area contributed by atoms with Gasteiger partial charge in [0, 0.05) is 6.54 Å². The van der Waals surface area contributed by atoms with Crippen molar-refractivity contribution in [3.63, 3.8) is 0 Å². The quantitative estimate of drug-likeness (QED) is 0.928. The average molecular weight is 338 g/mol. The van der Waals surface area contributed by atoms with Gasteiger partial charge in [0.25, 0.3) is 0 Å². The number of carbonyl (C=O) groups excluding carboxylic acids is 2. The van der Waals surface area contributed by atoms with Gasteiger partial charge in [0.1, 0.15) is 11.8 Å². The predicted molar refractivity (Wildman–Crippen MR) is 95.2 cm³/mol. The Morgan fingerprint density at radius 1 is 1.08 bits per heavy atom. The van der Waals surface area contributed by atoms with Crippen molar-refractivity contribution in [2.24, 2.45) is 0 Å². The summed E-state index contributed by atoms with van der Waals surface area (Å²) in [5.74, 6) is 0.343. The number of benzene rings is 2. The van der Waals surface area contributed by atoms with Gasteiger partial charge in [-0.2, -0.15) is 0 Å². The molecule has 0 unspecified atom stereocenters. The van der Waals surface area contributed by atoms with Crippen molar-refractivity contribution in [1.29, 1.82) is 0 Å². The molecule has 0 saturated carbocycles. The summed E-state index contributed by atoms with van der Waals surface area (Å²) in [5, 5.41) is 3.00. The molecule has 0 spiro atoms. The summed E-state index contributed by atoms with van der Waals surface area (Å²) < 4.78 is 5.38. The Hall–Kier alpha value is -2.82. The van der Waals surface area contributed by atoms with Gasteiger partial charge in [-0.05, 0) is 37.5 Å². The number of ether oxygens (including phenoxy) is 1. The van der Waals surface area contributed by atoms with Gasteiger partial charge in [0.05, 0.1) is 6.04 Å². The number of amides is 2. The first kappa shape index (κ1) is 17.0. The Morgan fingerprint density at radius 3 is 2.40 bits per heavy atom. The molecule has 0 aromatic heterocycles. The maximum Gasteiger partial charge on any atom is 0.415 e. The van der Waals surface area contributed by atoms with Crippen LogP contribution in [-0.4, -0.2) is 29.5 Å². The Bertz CT molecular complexity index is 718. The molecule has 1 fully saturated rings. The van der Waals surface area contributed by atoms with E-state index in [0.717, 1.165) is 12.0 Å². The number of hydrogen-bond donors (Lipinski definition) is 1. The lowest BCUT2D eigenvalue weighted by atomic mass is 10.1. The Morgan fingerprint density at radius 2 is 1.72 bits per heavy atom. The highest BCUT2D eigenvalue weighted by Gasteiger charge is 2.35. The van der Waals surface area contributed by atoms with Crippen LogP contribution in [0.25, 0.3) is 0 Å². The fourth-order valence-electron chi connectivity index (χ4n) is 3.04. The topological polar surface area (TPSA) is 58.6 Å². The van der Waals surface area contributed by atoms with E-state index in [9.17, 15) is 9.59 Å². The second-order valence-corrected chi connectivity index (χ2v) is 6.17. The maximum atomic E-state index is 12.6. The monoisotopic (exact) mass is 338 g/mol. The number of likely N-dealkylation sites (tertiary alicyclic amines) is 1. The van der Waals surface area contributed by atoms with Crippen LogP contribution < -0.4 is 10.1 Å². The van der Waals surface area contributed by atoms with Crippen LogP contribution in [0.4, 0.5) is 4.79 Å². The van der Waals surface area contributed by atoms with Gasteiger partial charge in [-0.25, -0.2) is 4.79 Å². The van der Waals surface area contributed by atoms with Crippen LogP contribution in [0.5, 0.6) is 5.75 Å². The number of rotatable bonds is 4. The molecule has 0 aliphatic carbocycles. The van der Waals surface area contributed by atoms with Gasteiger partial charge < -0.3 is 10.1 Å². The molecule has 2 amide bonds. The third-order valence-electron chi connectivity index (χ3n) is 4.40. The van der Waals surface area contributed by atoms with Crippen molar-refractivity contribution >= 4 is 12.0 Å². The van der Waals surface area contributed by atoms with E-state index >= 15 is 0 Å². The second-order valence-electron chi connectivity index (χ2n) is 6.17. The molecule has 2 atom stereocenters. The minimum absolute atomic E-state index is 0.110. The lowest BCUT2D eigenvalue weighted by molar-refractivity contribution is -0.125. The fourth-order valence-corrected chi connectivity index (χ4v) is 3.04. The fraction of sp³-hybridized carbons (Fsp3) is 0.300. The summed E-state index contributed by atoms with van der Waals surface area (Å²) in [6.07, 6.45) is 0.968. The largest absolute Gasteiger partial charge is 0.415 e. The highest BCUT2D eigenvalue weighted by molar-refractivity contribution is 5.87. The maximum absolute atomic E-state index is 12.6. The summed E-state index contributed by atoms with van der Waals surface area (Å²) in [6.45, 7) is 2.47. The van der Waals surface area contributed by atoms with Crippen LogP contribution in [0.3, 0.4) is 0 Å². The molecule has 1 N–H and O–H groups in total. The molecule has 2 aromatic carbocycles. The molecule has 5 heteroatoms. The van der Waals surface area contributed by atoms with E-state index in [1.807, 2.05) is 43.3 Å². The first-order chi connectivity index (χ1) is 12.1. The van der Waals surface area contributed by atoms with Crippen LogP contribution >= 0.6 is 0 Å². The molecule has 130 valence electrons. The zero-order valence-electron chi connectivity index (χ0n) is 14.2. The predicted octanol–water partition coefficient (Wildman–Crippen LogP) is 3.53. The van der Waals surface area contributed by atoms with Crippen molar-refractivity contribution < 1.29 is 14.3 Å². The van der Waals surface area contributed by atoms with Gasteiger partial charge in [-0.3, -0.25) is 9.69 Å². The SMILES string of the molecule is C[C@@H](NC(=O)[C@H]1CCCN1C(=O)Oc1ccccc1)c1ccccc1. The molecule has 0 bridgehead atoms. The van der Waals surface area contributed by atoms with E-state index in [0.29, 0.717) is 18.7 Å². The molecule has 25 heavy (non-hydrogen) atoms. The molecule has 2 aromatic rings. The first-order valence-electron chi connectivity index (χ1n) is 8.54. The van der Waals surface area contributed by atoms with Gasteiger partial charge in [0.15, 0.2) is 0 Å². The minimum atomic E-state index is -0.484. The smallest absolute Gasteiger partial charge is 0.410 e. The van der Waals surface area contributed by atoms with E-state index < -0.39 is 12.1 Å². The summed E-state index contributed by atoms with van der Waals surface area (Å²) in [5.41, 5.74) is 1.03. The molecule has 3 rings (SSSR count). The van der Waals surface area contributed by atoms with Crippen LogP contribution in [0.2, 0.25) is 0 Å². The number of para-hydroxylation sites is 1. The van der Waals surface area contributed by atoms with Crippen molar-refractivity contribution in [2.45, 2.75) is 31.8 Å². The highest BCUT2D eigenvalue weighted by Crippen LogP contribution is 2.21. The molecule has 1 aliphatic heterocycles. The molecular weight excluding hydrogens is 316 g/mol. The molecule has 1 aliphatic rings. The average Bonchev–Trinajstić information content (AvgIpc) is 3.13. The van der Waals surface area contributed by atoms with E-state index in [2.05, 4.69) is 5.32 Å². The van der Waals surface area contributed by atoms with Crippen LogP contribution in [0, 0.1) is 0 Å². The number of hydrogen-bond acceptors (Lipinski definition) is 3. The zero-order valence-corrected chi connectivity index (χ0v) is 14.2. The van der Waals surface area contributed by atoms with Crippen molar-refractivity contribution in [2.75, 3.05) is 6.54 Å². The van der Waals surface area contributed by atoms with Crippen molar-refractivity contribution in [3.05, 3.63) is 66.2 Å². The molecule has 1 heterocycles. The van der Waals surface area contributed by atoms with Gasteiger partial charge in [0.2, 0.25) is 5.91 Å². The van der Waals surface area contributed by atoms with Crippen LogP contribution in [-0.2, 0) is 4.79 Å². The standard InChI is InChI=1S/C20H22N2O3/c1-15(16-9-4-2-5-10-16)21-19(23)18-13-8-14-22(18)20(24)25-17-11-6-3-7-12-17/h2-7,9-12,15,18H,8,13-14H2,1H3,(H,21,23)/t15-,18-/m1/s1. The van der Waals surface area contributed by atoms with Gasteiger partial charge in [-0.15, -0.1) is 0 Å². The summed E-state index contributed by atoms with van der Waals surface area (Å²) in [6, 6.07) is 18.1. The number of nitrogens with one attached hydrogen (secondary N) is 1. The van der Waals surface area contributed by atoms with Crippen molar-refractivity contribution in [1.82, 2.24) is 10.2 Å². The molecular formula is C20H22N2O3. The Labute approximate surface area is 147 Å². The third kappa shape index (κ3) is 4.18. The lowest BCUT2D eigenvalue weighted by Crippen LogP contribution is -2.47. The summed E-state index contributed by atoms with van der Waals surface area (Å²) in [7, 11) is 0. The van der Waals surface area contributed by atoms with E-state index in [-0.39, 0.29) is 11.9 Å². The minimum Gasteiger partial charge on any atom is -0.410 e. The van der Waals surface area contributed by atoms with Crippen molar-refractivity contribution in [3.8, 4) is 5.75 Å². The van der Waals surface area contributed by atoms with E-state index in [1.165, 1.54) is 4.90 Å². The number of nitrogens with zero attached hydrogens (tertiary/aromatic N) is 1. The Kier molecular flexibility index (Phi) is 5.33. The zero-order chi connectivity index (χ0) is 17.6. The highest BCUT2D eigenvalue weighted by atomic mass is 16.6. The van der Waals surface area contributed by atoms with Crippen LogP contribution in [0.1, 0.15) is 31.4 Å². The second kappa shape index (κ2) is 7.83. The number of carbonyl (C=O) groups is 2. The normalized spacial score (nSPS) is 17.8. The van der Waals surface area contributed by atoms with Crippen LogP contribution in [0.15, 0.2) is 60.7 Å². The Balaban J connectivity index is 1.62. The lowest BCUT2D eigenvalue weighted by Gasteiger charge is -2.25. The van der Waals surface area contributed by atoms with Gasteiger partial charge >= 0.3 is 6.09 Å². The summed E-state index contributed by atoms with van der Waals surface area (Å²) in [4.78, 5) is 26.6. The third-order valence-corrected chi connectivity index (χ3v) is 4.40. The first-order valence-corrected chi connectivity index (χ1v) is 8.54.